The van der Waals surface area contributed by atoms with E-state index in [0.717, 1.165) is 0 Å². The summed E-state index contributed by atoms with van der Waals surface area (Å²) in [6, 6.07) is 1.17. The number of pyridine rings is 1. The number of anilines is 2. The van der Waals surface area contributed by atoms with Crippen molar-refractivity contribution in [1.29, 1.82) is 0 Å². The Kier molecular flexibility index (Phi) is 2.15. The first kappa shape index (κ1) is 10.5. The van der Waals surface area contributed by atoms with E-state index in [-0.39, 0.29) is 12.3 Å². The summed E-state index contributed by atoms with van der Waals surface area (Å²) in [4.78, 5) is 24.3. The van der Waals surface area contributed by atoms with E-state index < -0.39 is 6.03 Å². The number of nitrogen functional groups attached to an aromatic ring is 1. The normalized spacial score (nSPS) is 16.1. The quantitative estimate of drug-likeness (QED) is 0.722. The lowest BCUT2D eigenvalue weighted by Crippen LogP contribution is -2.49. The average molecular weight is 246 g/mol. The molecule has 3 heterocycles. The van der Waals surface area contributed by atoms with Gasteiger partial charge in [-0.25, -0.2) is 4.79 Å². The molecule has 8 heteroatoms. The average Bonchev–Trinajstić information content (AvgIpc) is 2.76. The van der Waals surface area contributed by atoms with E-state index in [2.05, 4.69) is 15.5 Å². The Bertz CT molecular complexity index is 649. The van der Waals surface area contributed by atoms with Crippen LogP contribution in [0.25, 0.3) is 5.65 Å². The molecule has 0 aliphatic carbocycles. The SMILES string of the molecule is Nc1cc(N2CCC(=O)NC2=O)c2nncn2c1. The summed E-state index contributed by atoms with van der Waals surface area (Å²) in [7, 11) is 0. The third-order valence-corrected chi connectivity index (χ3v) is 2.74. The van der Waals surface area contributed by atoms with Gasteiger partial charge in [0.25, 0.3) is 0 Å². The van der Waals surface area contributed by atoms with E-state index in [9.17, 15) is 9.59 Å². The van der Waals surface area contributed by atoms with Crippen LogP contribution < -0.4 is 16.0 Å². The lowest BCUT2D eigenvalue weighted by molar-refractivity contribution is -0.120. The highest BCUT2D eigenvalue weighted by Crippen LogP contribution is 2.24. The van der Waals surface area contributed by atoms with E-state index in [1.807, 2.05) is 0 Å². The van der Waals surface area contributed by atoms with Gasteiger partial charge in [-0.2, -0.15) is 0 Å². The Labute approximate surface area is 101 Å². The number of rotatable bonds is 1. The van der Waals surface area contributed by atoms with Crippen molar-refractivity contribution in [3.8, 4) is 0 Å². The fourth-order valence-corrected chi connectivity index (χ4v) is 1.93. The number of nitrogens with two attached hydrogens (primary N) is 1. The minimum Gasteiger partial charge on any atom is -0.397 e. The fraction of sp³-hybridized carbons (Fsp3) is 0.200. The third-order valence-electron chi connectivity index (χ3n) is 2.74. The zero-order valence-electron chi connectivity index (χ0n) is 9.33. The van der Waals surface area contributed by atoms with Gasteiger partial charge in [-0.1, -0.05) is 0 Å². The second-order valence-corrected chi connectivity index (χ2v) is 3.98. The van der Waals surface area contributed by atoms with Gasteiger partial charge in [0.2, 0.25) is 5.91 Å². The molecule has 0 spiro atoms. The molecule has 1 aliphatic rings. The zero-order valence-corrected chi connectivity index (χ0v) is 9.33. The summed E-state index contributed by atoms with van der Waals surface area (Å²) in [6.07, 6.45) is 3.41. The lowest BCUT2D eigenvalue weighted by Gasteiger charge is -2.26. The van der Waals surface area contributed by atoms with Crippen molar-refractivity contribution < 1.29 is 9.59 Å². The van der Waals surface area contributed by atoms with E-state index in [4.69, 9.17) is 5.73 Å². The van der Waals surface area contributed by atoms with Crippen molar-refractivity contribution in [2.24, 2.45) is 0 Å². The van der Waals surface area contributed by atoms with Crippen LogP contribution in [0.15, 0.2) is 18.6 Å². The van der Waals surface area contributed by atoms with E-state index in [1.54, 1.807) is 16.7 Å². The van der Waals surface area contributed by atoms with Crippen LogP contribution in [-0.2, 0) is 4.79 Å². The molecule has 1 fully saturated rings. The molecular weight excluding hydrogens is 236 g/mol. The minimum atomic E-state index is -0.471. The van der Waals surface area contributed by atoms with Gasteiger partial charge in [0, 0.05) is 19.2 Å². The first-order chi connectivity index (χ1) is 8.65. The molecular formula is C10H10N6O2. The van der Waals surface area contributed by atoms with Crippen molar-refractivity contribution in [2.75, 3.05) is 17.2 Å². The molecule has 1 aliphatic heterocycles. The van der Waals surface area contributed by atoms with Crippen molar-refractivity contribution in [3.63, 3.8) is 0 Å². The molecule has 0 atom stereocenters. The maximum absolute atomic E-state index is 11.8. The van der Waals surface area contributed by atoms with Gasteiger partial charge < -0.3 is 5.73 Å². The van der Waals surface area contributed by atoms with Crippen LogP contribution in [0.2, 0.25) is 0 Å². The van der Waals surface area contributed by atoms with Crippen molar-refractivity contribution in [2.45, 2.75) is 6.42 Å². The second-order valence-electron chi connectivity index (χ2n) is 3.98. The van der Waals surface area contributed by atoms with Gasteiger partial charge in [0.1, 0.15) is 6.33 Å². The Balaban J connectivity index is 2.11. The molecule has 2 aromatic rings. The number of nitrogens with one attached hydrogen (secondary N) is 1. The molecule has 0 aromatic carbocycles. The van der Waals surface area contributed by atoms with Crippen LogP contribution in [0.5, 0.6) is 0 Å². The molecule has 1 saturated heterocycles. The van der Waals surface area contributed by atoms with E-state index in [1.165, 1.54) is 11.2 Å². The number of nitrogens with zero attached hydrogens (tertiary/aromatic N) is 4. The summed E-state index contributed by atoms with van der Waals surface area (Å²) in [6.45, 7) is 0.302. The monoisotopic (exact) mass is 246 g/mol. The number of aromatic nitrogens is 3. The van der Waals surface area contributed by atoms with Gasteiger partial charge in [-0.3, -0.25) is 19.4 Å². The molecule has 0 saturated carbocycles. The highest BCUT2D eigenvalue weighted by atomic mass is 16.2. The molecule has 2 aromatic heterocycles. The maximum atomic E-state index is 11.8. The molecule has 3 rings (SSSR count). The highest BCUT2D eigenvalue weighted by molar-refractivity contribution is 6.07. The number of urea groups is 1. The third kappa shape index (κ3) is 1.54. The summed E-state index contributed by atoms with van der Waals surface area (Å²) < 4.78 is 1.63. The molecule has 92 valence electrons. The number of amides is 3. The Morgan fingerprint density at radius 2 is 2.22 bits per heavy atom. The van der Waals surface area contributed by atoms with Crippen LogP contribution in [-0.4, -0.2) is 33.1 Å². The first-order valence-electron chi connectivity index (χ1n) is 5.35. The predicted molar refractivity (Wildman–Crippen MR) is 62.9 cm³/mol. The van der Waals surface area contributed by atoms with Crippen molar-refractivity contribution in [1.82, 2.24) is 19.9 Å². The van der Waals surface area contributed by atoms with Gasteiger partial charge in [-0.15, -0.1) is 10.2 Å². The number of carbonyl (C=O) groups is 2. The van der Waals surface area contributed by atoms with Crippen LogP contribution >= 0.6 is 0 Å². The number of hydrogen-bond donors (Lipinski definition) is 2. The number of imide groups is 1. The van der Waals surface area contributed by atoms with Crippen molar-refractivity contribution in [3.05, 3.63) is 18.6 Å². The molecule has 0 radical (unpaired) electrons. The molecule has 0 unspecified atom stereocenters. The molecule has 3 amide bonds. The summed E-state index contributed by atoms with van der Waals surface area (Å²) in [5.41, 5.74) is 7.31. The Morgan fingerprint density at radius 3 is 3.00 bits per heavy atom. The molecule has 18 heavy (non-hydrogen) atoms. The topological polar surface area (TPSA) is 106 Å². The Morgan fingerprint density at radius 1 is 1.39 bits per heavy atom. The minimum absolute atomic E-state index is 0.251. The van der Waals surface area contributed by atoms with E-state index >= 15 is 0 Å². The number of hydrogen-bond acceptors (Lipinski definition) is 5. The lowest BCUT2D eigenvalue weighted by atomic mass is 10.2. The van der Waals surface area contributed by atoms with Gasteiger partial charge in [0.15, 0.2) is 5.65 Å². The largest absolute Gasteiger partial charge is 0.397 e. The highest BCUT2D eigenvalue weighted by Gasteiger charge is 2.26. The fourth-order valence-electron chi connectivity index (χ4n) is 1.93. The van der Waals surface area contributed by atoms with Gasteiger partial charge in [-0.05, 0) is 6.07 Å². The summed E-state index contributed by atoms with van der Waals surface area (Å²) in [5.74, 6) is -0.280. The second kappa shape index (κ2) is 3.69. The molecule has 3 N–H and O–H groups in total. The number of carbonyl (C=O) groups excluding carboxylic acids is 2. The van der Waals surface area contributed by atoms with E-state index in [0.29, 0.717) is 23.6 Å². The van der Waals surface area contributed by atoms with Crippen LogP contribution in [0.1, 0.15) is 6.42 Å². The maximum Gasteiger partial charge on any atom is 0.328 e. The summed E-state index contributed by atoms with van der Waals surface area (Å²) >= 11 is 0. The van der Waals surface area contributed by atoms with Gasteiger partial charge >= 0.3 is 6.03 Å². The standard InChI is InChI=1S/C10H10N6O2/c11-6-3-7(9-14-12-5-15(9)4-6)16-2-1-8(17)13-10(16)18/h3-5H,1-2,11H2,(H,13,17,18). The smallest absolute Gasteiger partial charge is 0.328 e. The first-order valence-corrected chi connectivity index (χ1v) is 5.35. The van der Waals surface area contributed by atoms with Gasteiger partial charge in [0.05, 0.1) is 11.4 Å². The number of fused-ring (bicyclic) bond motifs is 1. The predicted octanol–water partition coefficient (Wildman–Crippen LogP) is -0.242. The van der Waals surface area contributed by atoms with Crippen LogP contribution in [0, 0.1) is 0 Å². The Hall–Kier alpha value is -2.64. The van der Waals surface area contributed by atoms with Crippen LogP contribution in [0.3, 0.4) is 0 Å². The zero-order chi connectivity index (χ0) is 12.7. The van der Waals surface area contributed by atoms with Crippen molar-refractivity contribution >= 4 is 29.0 Å². The molecule has 0 bridgehead atoms. The molecule has 8 nitrogen and oxygen atoms in total. The van der Waals surface area contributed by atoms with Crippen LogP contribution in [0.4, 0.5) is 16.2 Å². The summed E-state index contributed by atoms with van der Waals surface area (Å²) in [5, 5.41) is 9.96.